The van der Waals surface area contributed by atoms with Crippen LogP contribution < -0.4 is 5.32 Å². The smallest absolute Gasteiger partial charge is 0.0766 e. The van der Waals surface area contributed by atoms with Crippen molar-refractivity contribution in [2.24, 2.45) is 0 Å². The Morgan fingerprint density at radius 3 is 2.62 bits per heavy atom. The van der Waals surface area contributed by atoms with Gasteiger partial charge in [0, 0.05) is 19.0 Å². The van der Waals surface area contributed by atoms with Crippen LogP contribution in [-0.2, 0) is 19.4 Å². The van der Waals surface area contributed by atoms with E-state index in [4.69, 9.17) is 5.10 Å². The van der Waals surface area contributed by atoms with Gasteiger partial charge in [-0.1, -0.05) is 13.8 Å². The van der Waals surface area contributed by atoms with Gasteiger partial charge >= 0.3 is 0 Å². The monoisotopic (exact) mass is 369 g/mol. The zero-order valence-corrected chi connectivity index (χ0v) is 15.6. The lowest BCUT2D eigenvalue weighted by Gasteiger charge is -2.19. The van der Waals surface area contributed by atoms with Crippen LogP contribution in [0.5, 0.6) is 0 Å². The van der Waals surface area contributed by atoms with Gasteiger partial charge in [0.25, 0.3) is 0 Å². The Kier molecular flexibility index (Phi) is 6.02. The molecule has 2 heterocycles. The number of rotatable bonds is 7. The fraction of sp³-hybridized carbons (Fsp3) is 0.562. The fourth-order valence-corrected chi connectivity index (χ4v) is 4.30. The van der Waals surface area contributed by atoms with Crippen molar-refractivity contribution >= 4 is 27.3 Å². The molecule has 1 unspecified atom stereocenters. The van der Waals surface area contributed by atoms with Gasteiger partial charge < -0.3 is 5.32 Å². The number of hydrogen-bond acceptors (Lipinski definition) is 3. The minimum absolute atomic E-state index is 0.351. The first-order valence-electron chi connectivity index (χ1n) is 7.62. The Labute approximate surface area is 139 Å². The molecule has 0 aliphatic carbocycles. The summed E-state index contributed by atoms with van der Waals surface area (Å²) in [6, 6.07) is 0.351. The number of nitrogens with one attached hydrogen (secondary N) is 1. The fourth-order valence-electron chi connectivity index (χ4n) is 2.67. The number of hydrogen-bond donors (Lipinski definition) is 1. The van der Waals surface area contributed by atoms with Crippen molar-refractivity contribution in [1.82, 2.24) is 15.1 Å². The van der Waals surface area contributed by atoms with Gasteiger partial charge in [0.1, 0.15) is 0 Å². The van der Waals surface area contributed by atoms with Crippen LogP contribution in [0.15, 0.2) is 15.2 Å². The third kappa shape index (κ3) is 3.58. The number of aromatic nitrogens is 2. The molecular weight excluding hydrogens is 346 g/mol. The van der Waals surface area contributed by atoms with Crippen LogP contribution in [0.2, 0.25) is 0 Å². The van der Waals surface area contributed by atoms with Crippen molar-refractivity contribution in [3.05, 3.63) is 37.7 Å². The standard InChI is InChI=1S/C16H24BrN3S/c1-5-13-16(17)15(20(7-3)19-13)8-14(18-6-2)12-10-21-9-11(12)4/h9-10,14,18H,5-8H2,1-4H3. The van der Waals surface area contributed by atoms with Crippen LogP contribution in [0.3, 0.4) is 0 Å². The van der Waals surface area contributed by atoms with Gasteiger partial charge in [0.2, 0.25) is 0 Å². The van der Waals surface area contributed by atoms with E-state index >= 15 is 0 Å². The largest absolute Gasteiger partial charge is 0.310 e. The zero-order chi connectivity index (χ0) is 15.4. The lowest BCUT2D eigenvalue weighted by molar-refractivity contribution is 0.514. The molecule has 0 spiro atoms. The lowest BCUT2D eigenvalue weighted by atomic mass is 10.0. The van der Waals surface area contributed by atoms with E-state index in [1.165, 1.54) is 21.3 Å². The van der Waals surface area contributed by atoms with E-state index in [-0.39, 0.29) is 0 Å². The molecule has 2 aromatic rings. The second-order valence-electron chi connectivity index (χ2n) is 5.20. The maximum absolute atomic E-state index is 4.71. The molecular formula is C16H24BrN3S. The molecule has 0 amide bonds. The van der Waals surface area contributed by atoms with Crippen LogP contribution in [0.1, 0.15) is 49.3 Å². The van der Waals surface area contributed by atoms with E-state index in [9.17, 15) is 0 Å². The molecule has 116 valence electrons. The Balaban J connectivity index is 2.33. The van der Waals surface area contributed by atoms with Crippen molar-refractivity contribution in [1.29, 1.82) is 0 Å². The highest BCUT2D eigenvalue weighted by molar-refractivity contribution is 9.10. The molecule has 0 saturated carbocycles. The van der Waals surface area contributed by atoms with E-state index < -0.39 is 0 Å². The van der Waals surface area contributed by atoms with Crippen molar-refractivity contribution in [2.75, 3.05) is 6.54 Å². The first-order valence-corrected chi connectivity index (χ1v) is 9.35. The lowest BCUT2D eigenvalue weighted by Crippen LogP contribution is -2.24. The maximum Gasteiger partial charge on any atom is 0.0766 e. The summed E-state index contributed by atoms with van der Waals surface area (Å²) in [5.74, 6) is 0. The second-order valence-corrected chi connectivity index (χ2v) is 6.74. The molecule has 0 bridgehead atoms. The molecule has 0 fully saturated rings. The first-order chi connectivity index (χ1) is 10.1. The molecule has 1 atom stereocenters. The number of likely N-dealkylation sites (N-methyl/N-ethyl adjacent to an activating group) is 1. The molecule has 0 saturated heterocycles. The summed E-state index contributed by atoms with van der Waals surface area (Å²) in [7, 11) is 0. The van der Waals surface area contributed by atoms with Gasteiger partial charge in [0.15, 0.2) is 0 Å². The van der Waals surface area contributed by atoms with Gasteiger partial charge in [-0.25, -0.2) is 0 Å². The summed E-state index contributed by atoms with van der Waals surface area (Å²) in [6.45, 7) is 10.5. The number of halogens is 1. The van der Waals surface area contributed by atoms with Crippen LogP contribution >= 0.6 is 27.3 Å². The predicted molar refractivity (Wildman–Crippen MR) is 94.2 cm³/mol. The van der Waals surface area contributed by atoms with Gasteiger partial charge in [-0.3, -0.25) is 4.68 Å². The van der Waals surface area contributed by atoms with E-state index in [1.807, 2.05) is 0 Å². The highest BCUT2D eigenvalue weighted by Crippen LogP contribution is 2.29. The zero-order valence-electron chi connectivity index (χ0n) is 13.2. The molecule has 1 N–H and O–H groups in total. The first kappa shape index (κ1) is 16.7. The quantitative estimate of drug-likeness (QED) is 0.778. The van der Waals surface area contributed by atoms with Gasteiger partial charge in [-0.2, -0.15) is 16.4 Å². The van der Waals surface area contributed by atoms with Crippen LogP contribution in [0.25, 0.3) is 0 Å². The summed E-state index contributed by atoms with van der Waals surface area (Å²) in [4.78, 5) is 0. The van der Waals surface area contributed by atoms with Crippen LogP contribution in [-0.4, -0.2) is 16.3 Å². The van der Waals surface area contributed by atoms with E-state index in [2.05, 4.69) is 64.4 Å². The Morgan fingerprint density at radius 1 is 1.33 bits per heavy atom. The molecule has 21 heavy (non-hydrogen) atoms. The predicted octanol–water partition coefficient (Wildman–Crippen LogP) is 4.49. The van der Waals surface area contributed by atoms with E-state index in [1.54, 1.807) is 11.3 Å². The molecule has 0 aromatic carbocycles. The molecule has 5 heteroatoms. The minimum atomic E-state index is 0.351. The Bertz CT molecular complexity index is 588. The topological polar surface area (TPSA) is 29.9 Å². The molecule has 3 nitrogen and oxygen atoms in total. The molecule has 2 rings (SSSR count). The Hall–Kier alpha value is -0.650. The van der Waals surface area contributed by atoms with Crippen LogP contribution in [0, 0.1) is 6.92 Å². The Morgan fingerprint density at radius 2 is 2.10 bits per heavy atom. The van der Waals surface area contributed by atoms with Gasteiger partial charge in [0.05, 0.1) is 15.9 Å². The van der Waals surface area contributed by atoms with Crippen molar-refractivity contribution in [2.45, 2.75) is 53.1 Å². The third-order valence-corrected chi connectivity index (χ3v) is 5.61. The highest BCUT2D eigenvalue weighted by Gasteiger charge is 2.20. The average Bonchev–Trinajstić information content (AvgIpc) is 3.03. The minimum Gasteiger partial charge on any atom is -0.310 e. The van der Waals surface area contributed by atoms with E-state index in [0.717, 1.165) is 31.6 Å². The van der Waals surface area contributed by atoms with Crippen LogP contribution in [0.4, 0.5) is 0 Å². The molecule has 0 radical (unpaired) electrons. The van der Waals surface area contributed by atoms with Gasteiger partial charge in [-0.15, -0.1) is 0 Å². The maximum atomic E-state index is 4.71. The van der Waals surface area contributed by atoms with Gasteiger partial charge in [-0.05, 0) is 64.6 Å². The molecule has 0 aliphatic heterocycles. The number of aryl methyl sites for hydroxylation is 3. The summed E-state index contributed by atoms with van der Waals surface area (Å²) in [6.07, 6.45) is 1.93. The average molecular weight is 370 g/mol. The summed E-state index contributed by atoms with van der Waals surface area (Å²) in [5.41, 5.74) is 5.24. The van der Waals surface area contributed by atoms with Crippen molar-refractivity contribution in [3.8, 4) is 0 Å². The molecule has 2 aromatic heterocycles. The summed E-state index contributed by atoms with van der Waals surface area (Å²) < 4.78 is 3.32. The normalized spacial score (nSPS) is 12.8. The summed E-state index contributed by atoms with van der Waals surface area (Å²) >= 11 is 5.54. The summed E-state index contributed by atoms with van der Waals surface area (Å²) in [5, 5.41) is 12.8. The second kappa shape index (κ2) is 7.56. The van der Waals surface area contributed by atoms with Crippen molar-refractivity contribution in [3.63, 3.8) is 0 Å². The van der Waals surface area contributed by atoms with E-state index in [0.29, 0.717) is 6.04 Å². The molecule has 0 aliphatic rings. The number of nitrogens with zero attached hydrogens (tertiary/aromatic N) is 2. The number of thiophene rings is 1. The third-order valence-electron chi connectivity index (χ3n) is 3.81. The highest BCUT2D eigenvalue weighted by atomic mass is 79.9. The van der Waals surface area contributed by atoms with Crippen molar-refractivity contribution < 1.29 is 0 Å². The SMILES string of the molecule is CCNC(Cc1c(Br)c(CC)nn1CC)c1cscc1C.